The molecule has 0 bridgehead atoms. The van der Waals surface area contributed by atoms with Crippen molar-refractivity contribution in [1.29, 1.82) is 5.26 Å². The van der Waals surface area contributed by atoms with E-state index in [4.69, 9.17) is 0 Å². The van der Waals surface area contributed by atoms with Gasteiger partial charge in [0.05, 0.1) is 40.2 Å². The third kappa shape index (κ3) is 5.51. The number of fused-ring (bicyclic) bond motifs is 16. The number of nitriles is 1. The zero-order valence-electron chi connectivity index (χ0n) is 40.4. The van der Waals surface area contributed by atoms with E-state index in [1.165, 1.54) is 51.3 Å². The van der Waals surface area contributed by atoms with Gasteiger partial charge in [-0.05, 0) is 111 Å². The molecule has 348 valence electrons. The Balaban J connectivity index is 0.958. The Bertz CT molecular complexity index is 4840. The van der Waals surface area contributed by atoms with Crippen molar-refractivity contribution < 1.29 is 0 Å². The van der Waals surface area contributed by atoms with Crippen molar-refractivity contribution in [1.82, 2.24) is 9.13 Å². The molecule has 15 aromatic rings. The van der Waals surface area contributed by atoms with Gasteiger partial charge in [-0.2, -0.15) is 5.26 Å². The number of hydrogen-bond donors (Lipinski definition) is 0. The van der Waals surface area contributed by atoms with E-state index in [2.05, 4.69) is 243 Å². The second kappa shape index (κ2) is 15.4. The minimum atomic E-state index is -0.241. The number of rotatable bonds is 5. The summed E-state index contributed by atoms with van der Waals surface area (Å²) in [7, 11) is 0. The third-order valence-electron chi connectivity index (χ3n) is 16.4. The van der Waals surface area contributed by atoms with Crippen LogP contribution < -0.4 is 21.3 Å². The normalized spacial score (nSPS) is 12.4. The van der Waals surface area contributed by atoms with E-state index in [1.54, 1.807) is 0 Å². The second-order valence-electron chi connectivity index (χ2n) is 20.1. The summed E-state index contributed by atoms with van der Waals surface area (Å²) in [6, 6.07) is 81.5. The molecule has 76 heavy (non-hydrogen) atoms. The van der Waals surface area contributed by atoms with Crippen LogP contribution in [-0.4, -0.2) is 15.8 Å². The molecule has 5 nitrogen and oxygen atoms in total. The number of nitrogens with zero attached hydrogens (tertiary/aromatic N) is 5. The van der Waals surface area contributed by atoms with E-state index in [1.807, 2.05) is 22.7 Å². The average molecular weight is 998 g/mol. The van der Waals surface area contributed by atoms with Crippen molar-refractivity contribution in [3.8, 4) is 39.7 Å². The SMILES string of the molecule is [C-]#[N+]c1c(N(c2ccc(-c3ccc4sc5ccccc5c4c3)cc2)c2ccc(-c3ccc4sc5ccccc5c4c3)cc2)c(C#N)c2c3c1-n1c4ccccc4c4cccc(c41)B3c1cccc3c4ccccc4n-2c13. The molecule has 17 rings (SSSR count). The quantitative estimate of drug-likeness (QED) is 0.127. The fourth-order valence-corrected chi connectivity index (χ4v) is 15.4. The van der Waals surface area contributed by atoms with Gasteiger partial charge in [-0.25, -0.2) is 4.85 Å². The summed E-state index contributed by atoms with van der Waals surface area (Å²) >= 11 is 3.65. The molecule has 0 saturated heterocycles. The first-order chi connectivity index (χ1) is 37.6. The van der Waals surface area contributed by atoms with E-state index < -0.39 is 0 Å². The Morgan fingerprint density at radius 1 is 0.434 bits per heavy atom. The molecule has 0 radical (unpaired) electrons. The van der Waals surface area contributed by atoms with Crippen LogP contribution in [0.3, 0.4) is 0 Å². The molecule has 0 N–H and O–H groups in total. The zero-order valence-corrected chi connectivity index (χ0v) is 42.0. The van der Waals surface area contributed by atoms with Crippen molar-refractivity contribution >= 4 is 152 Å². The Labute approximate surface area is 444 Å². The highest BCUT2D eigenvalue weighted by molar-refractivity contribution is 7.26. The molecule has 11 aromatic carbocycles. The molecule has 6 heterocycles. The highest BCUT2D eigenvalue weighted by Gasteiger charge is 2.45. The summed E-state index contributed by atoms with van der Waals surface area (Å²) < 4.78 is 9.78. The summed E-state index contributed by atoms with van der Waals surface area (Å²) in [5.74, 6) is 0. The van der Waals surface area contributed by atoms with Gasteiger partial charge in [0.25, 0.3) is 6.71 Å². The zero-order chi connectivity index (χ0) is 49.9. The first-order valence-corrected chi connectivity index (χ1v) is 27.2. The number of para-hydroxylation sites is 4. The highest BCUT2D eigenvalue weighted by Crippen LogP contribution is 2.52. The van der Waals surface area contributed by atoms with Crippen LogP contribution in [-0.2, 0) is 0 Å². The van der Waals surface area contributed by atoms with Crippen molar-refractivity contribution in [3.05, 3.63) is 235 Å². The molecule has 0 aliphatic carbocycles. The van der Waals surface area contributed by atoms with Crippen LogP contribution in [0.4, 0.5) is 22.7 Å². The average Bonchev–Trinajstić information content (AvgIpc) is 4.32. The fraction of sp³-hybridized carbons (Fsp3) is 0. The van der Waals surface area contributed by atoms with E-state index in [9.17, 15) is 11.8 Å². The minimum absolute atomic E-state index is 0.241. The van der Waals surface area contributed by atoms with E-state index in [0.717, 1.165) is 94.1 Å². The van der Waals surface area contributed by atoms with Crippen LogP contribution in [0.5, 0.6) is 0 Å². The monoisotopic (exact) mass is 997 g/mol. The molecule has 2 aliphatic rings. The van der Waals surface area contributed by atoms with Gasteiger partial charge in [0.1, 0.15) is 6.07 Å². The maximum atomic E-state index is 12.2. The lowest BCUT2D eigenvalue weighted by atomic mass is 9.34. The predicted octanol–water partition coefficient (Wildman–Crippen LogP) is 17.0. The summed E-state index contributed by atoms with van der Waals surface area (Å²) in [6.07, 6.45) is 0. The summed E-state index contributed by atoms with van der Waals surface area (Å²) in [4.78, 5) is 6.84. The molecule has 4 aromatic heterocycles. The van der Waals surface area contributed by atoms with Crippen molar-refractivity contribution in [3.63, 3.8) is 0 Å². The van der Waals surface area contributed by atoms with E-state index in [-0.39, 0.29) is 6.71 Å². The van der Waals surface area contributed by atoms with Gasteiger partial charge in [-0.3, -0.25) is 0 Å². The number of benzene rings is 11. The van der Waals surface area contributed by atoms with Crippen LogP contribution in [0.15, 0.2) is 218 Å². The van der Waals surface area contributed by atoms with Gasteiger partial charge < -0.3 is 14.0 Å². The molecule has 0 saturated carbocycles. The number of thiophene rings is 2. The maximum Gasteiger partial charge on any atom is 0.250 e. The third-order valence-corrected chi connectivity index (χ3v) is 18.7. The van der Waals surface area contributed by atoms with Gasteiger partial charge in [0, 0.05) is 84.3 Å². The van der Waals surface area contributed by atoms with Crippen LogP contribution in [0.25, 0.3) is 122 Å². The molecular weight excluding hydrogens is 962 g/mol. The van der Waals surface area contributed by atoms with Crippen LogP contribution in [0.1, 0.15) is 5.56 Å². The fourth-order valence-electron chi connectivity index (χ4n) is 13.2. The first-order valence-electron chi connectivity index (χ1n) is 25.5. The van der Waals surface area contributed by atoms with E-state index in [0.29, 0.717) is 16.9 Å². The molecular formula is C68H36BN5S2. The standard InChI is InChI=1S/C68H36BN5S2/c1-71-63-67(53(38-70)66-62-68(63)74-57-21-7-3-13-46(57)50-17-11-19-55(65(50)74)69(62)54-18-10-16-49-45-12-2-6-20-56(45)73(66)64(49)54)72(43-30-24-39(25-31-43)41-28-34-60-51(36-41)47-14-4-8-22-58(47)75-60)44-32-26-40(27-33-44)42-29-35-61-52(37-42)48-15-5-9-23-59(48)76-61/h2-37H. The number of hydrogen-bond acceptors (Lipinski definition) is 4. The Morgan fingerprint density at radius 3 is 1.37 bits per heavy atom. The van der Waals surface area contributed by atoms with Crippen LogP contribution in [0.2, 0.25) is 0 Å². The predicted molar refractivity (Wildman–Crippen MR) is 322 cm³/mol. The van der Waals surface area contributed by atoms with Gasteiger partial charge in [0.2, 0.25) is 5.69 Å². The van der Waals surface area contributed by atoms with Gasteiger partial charge in [0.15, 0.2) is 0 Å². The Morgan fingerprint density at radius 2 is 0.868 bits per heavy atom. The molecule has 2 aliphatic heterocycles. The Kier molecular flexibility index (Phi) is 8.47. The maximum absolute atomic E-state index is 12.2. The Hall–Kier alpha value is -9.70. The number of anilines is 3. The minimum Gasteiger partial charge on any atom is -0.320 e. The highest BCUT2D eigenvalue weighted by atomic mass is 32.1. The smallest absolute Gasteiger partial charge is 0.250 e. The molecule has 0 fully saturated rings. The van der Waals surface area contributed by atoms with Crippen LogP contribution in [0, 0.1) is 17.9 Å². The lowest BCUT2D eigenvalue weighted by Crippen LogP contribution is -2.59. The summed E-state index contributed by atoms with van der Waals surface area (Å²) in [6.45, 7) is 9.27. The van der Waals surface area contributed by atoms with Crippen LogP contribution >= 0.6 is 22.7 Å². The lowest BCUT2D eigenvalue weighted by Gasteiger charge is -2.38. The number of aromatic nitrogens is 2. The topological polar surface area (TPSA) is 41.2 Å². The largest absolute Gasteiger partial charge is 0.320 e. The second-order valence-corrected chi connectivity index (χ2v) is 22.2. The summed E-state index contributed by atoms with van der Waals surface area (Å²) in [5.41, 5.74) is 16.7. The van der Waals surface area contributed by atoms with Crippen molar-refractivity contribution in [2.45, 2.75) is 0 Å². The molecule has 8 heteroatoms. The van der Waals surface area contributed by atoms with Crippen molar-refractivity contribution in [2.75, 3.05) is 4.90 Å². The van der Waals surface area contributed by atoms with Crippen molar-refractivity contribution in [2.24, 2.45) is 0 Å². The summed E-state index contributed by atoms with van der Waals surface area (Å²) in [5, 5.41) is 21.7. The first kappa shape index (κ1) is 41.7. The van der Waals surface area contributed by atoms with Gasteiger partial charge in [-0.1, -0.05) is 146 Å². The molecule has 0 atom stereocenters. The van der Waals surface area contributed by atoms with Gasteiger partial charge >= 0.3 is 0 Å². The molecule has 0 amide bonds. The van der Waals surface area contributed by atoms with E-state index >= 15 is 0 Å². The lowest BCUT2D eigenvalue weighted by molar-refractivity contribution is 1.13. The molecule has 0 spiro atoms. The van der Waals surface area contributed by atoms with Gasteiger partial charge in [-0.15, -0.1) is 22.7 Å². The molecule has 0 unspecified atom stereocenters.